The van der Waals surface area contributed by atoms with E-state index in [4.69, 9.17) is 10.2 Å². The molecule has 6 rings (SSSR count). The van der Waals surface area contributed by atoms with Gasteiger partial charge in [-0.2, -0.15) is 0 Å². The molecule has 0 saturated heterocycles. The lowest BCUT2D eigenvalue weighted by atomic mass is 10.0. The Labute approximate surface area is 222 Å². The molecule has 6 nitrogen and oxygen atoms in total. The van der Waals surface area contributed by atoms with Gasteiger partial charge in [0, 0.05) is 11.1 Å². The molecule has 0 aliphatic heterocycles. The quantitative estimate of drug-likeness (QED) is 0.250. The maximum Gasteiger partial charge on any atom is 0.122 e. The first-order valence-electron chi connectivity index (χ1n) is 12.7. The summed E-state index contributed by atoms with van der Waals surface area (Å²) in [7, 11) is 0. The number of nitrogens with zero attached hydrogens (tertiary/aromatic N) is 6. The molecule has 2 heterocycles. The predicted molar refractivity (Wildman–Crippen MR) is 150 cm³/mol. The van der Waals surface area contributed by atoms with Crippen molar-refractivity contribution in [2.45, 2.75) is 26.9 Å². The van der Waals surface area contributed by atoms with Crippen molar-refractivity contribution >= 4 is 0 Å². The zero-order valence-electron chi connectivity index (χ0n) is 21.5. The van der Waals surface area contributed by atoms with Crippen molar-refractivity contribution in [2.24, 2.45) is 0 Å². The SMILES string of the molecule is Cc1ccc(-c2nnn(Cc3ccccc3)c2-c2c(-c3ccc(C)cc3)nnn2Cc2ccccc2)cc1. The Balaban J connectivity index is 1.58. The first kappa shape index (κ1) is 23.6. The van der Waals surface area contributed by atoms with Gasteiger partial charge in [0.25, 0.3) is 0 Å². The van der Waals surface area contributed by atoms with Crippen LogP contribution in [0.1, 0.15) is 22.3 Å². The molecule has 6 aromatic rings. The highest BCUT2D eigenvalue weighted by Gasteiger charge is 2.26. The van der Waals surface area contributed by atoms with Gasteiger partial charge in [-0.1, -0.05) is 131 Å². The topological polar surface area (TPSA) is 61.4 Å². The monoisotopic (exact) mass is 496 g/mol. The Morgan fingerprint density at radius 3 is 1.21 bits per heavy atom. The summed E-state index contributed by atoms with van der Waals surface area (Å²) < 4.78 is 3.95. The van der Waals surface area contributed by atoms with Crippen molar-refractivity contribution in [1.82, 2.24) is 30.0 Å². The van der Waals surface area contributed by atoms with Crippen molar-refractivity contribution in [3.63, 3.8) is 0 Å². The van der Waals surface area contributed by atoms with E-state index in [-0.39, 0.29) is 0 Å². The Morgan fingerprint density at radius 2 is 0.842 bits per heavy atom. The van der Waals surface area contributed by atoms with Crippen LogP contribution in [0.25, 0.3) is 33.9 Å². The summed E-state index contributed by atoms with van der Waals surface area (Å²) in [6.45, 7) is 5.34. The molecule has 0 unspecified atom stereocenters. The van der Waals surface area contributed by atoms with Gasteiger partial charge in [-0.05, 0) is 25.0 Å². The highest BCUT2D eigenvalue weighted by Crippen LogP contribution is 2.37. The molecule has 0 atom stereocenters. The fraction of sp³-hybridized carbons (Fsp3) is 0.125. The fourth-order valence-corrected chi connectivity index (χ4v) is 4.64. The van der Waals surface area contributed by atoms with Crippen molar-refractivity contribution in [2.75, 3.05) is 0 Å². The van der Waals surface area contributed by atoms with Gasteiger partial charge in [0.2, 0.25) is 0 Å². The van der Waals surface area contributed by atoms with Crippen LogP contribution >= 0.6 is 0 Å². The first-order valence-corrected chi connectivity index (χ1v) is 12.7. The second-order valence-corrected chi connectivity index (χ2v) is 9.59. The molecule has 0 amide bonds. The Morgan fingerprint density at radius 1 is 0.474 bits per heavy atom. The molecule has 186 valence electrons. The third-order valence-electron chi connectivity index (χ3n) is 6.69. The number of aryl methyl sites for hydroxylation is 2. The van der Waals surface area contributed by atoms with Gasteiger partial charge in [-0.3, -0.25) is 0 Å². The zero-order valence-corrected chi connectivity index (χ0v) is 21.5. The number of hydrogen-bond donors (Lipinski definition) is 0. The molecule has 0 radical (unpaired) electrons. The maximum atomic E-state index is 4.71. The molecule has 0 aliphatic carbocycles. The van der Waals surface area contributed by atoms with Gasteiger partial charge in [0.15, 0.2) is 0 Å². The smallest absolute Gasteiger partial charge is 0.122 e. The Hall–Kier alpha value is -4.84. The van der Waals surface area contributed by atoms with Crippen LogP contribution in [-0.2, 0) is 13.1 Å². The highest BCUT2D eigenvalue weighted by atomic mass is 15.5. The van der Waals surface area contributed by atoms with Crippen molar-refractivity contribution < 1.29 is 0 Å². The molecular formula is C32H28N6. The van der Waals surface area contributed by atoms with Crippen LogP contribution in [0.15, 0.2) is 109 Å². The van der Waals surface area contributed by atoms with Crippen LogP contribution in [0.4, 0.5) is 0 Å². The molecule has 38 heavy (non-hydrogen) atoms. The summed E-state index contributed by atoms with van der Waals surface area (Å²) in [6, 6.07) is 37.5. The fourth-order valence-electron chi connectivity index (χ4n) is 4.64. The summed E-state index contributed by atoms with van der Waals surface area (Å²) in [5.74, 6) is 0. The van der Waals surface area contributed by atoms with Gasteiger partial charge < -0.3 is 0 Å². The van der Waals surface area contributed by atoms with Crippen molar-refractivity contribution in [1.29, 1.82) is 0 Å². The van der Waals surface area contributed by atoms with Crippen LogP contribution in [-0.4, -0.2) is 30.0 Å². The number of rotatable bonds is 7. The lowest BCUT2D eigenvalue weighted by Crippen LogP contribution is -2.10. The zero-order chi connectivity index (χ0) is 25.9. The minimum atomic E-state index is 0.582. The van der Waals surface area contributed by atoms with Gasteiger partial charge in [-0.15, -0.1) is 10.2 Å². The van der Waals surface area contributed by atoms with Gasteiger partial charge in [0.1, 0.15) is 22.8 Å². The minimum absolute atomic E-state index is 0.582. The lowest BCUT2D eigenvalue weighted by molar-refractivity contribution is 0.630. The van der Waals surface area contributed by atoms with Crippen LogP contribution in [0, 0.1) is 13.8 Å². The normalized spacial score (nSPS) is 11.1. The third kappa shape index (κ3) is 4.76. The van der Waals surface area contributed by atoms with Gasteiger partial charge in [0.05, 0.1) is 13.1 Å². The van der Waals surface area contributed by atoms with E-state index in [2.05, 4.69) is 97.1 Å². The van der Waals surface area contributed by atoms with E-state index in [9.17, 15) is 0 Å². The molecule has 2 aromatic heterocycles. The van der Waals surface area contributed by atoms with Crippen molar-refractivity contribution in [3.05, 3.63) is 131 Å². The van der Waals surface area contributed by atoms with E-state index in [1.807, 2.05) is 45.8 Å². The molecule has 4 aromatic carbocycles. The predicted octanol–water partition coefficient (Wildman–Crippen LogP) is 6.58. The average molecular weight is 497 g/mol. The van der Waals surface area contributed by atoms with Gasteiger partial charge in [-0.25, -0.2) is 9.36 Å². The minimum Gasteiger partial charge on any atom is -0.238 e. The van der Waals surface area contributed by atoms with Crippen LogP contribution in [0.3, 0.4) is 0 Å². The third-order valence-corrected chi connectivity index (χ3v) is 6.69. The molecule has 0 saturated carbocycles. The molecule has 0 bridgehead atoms. The van der Waals surface area contributed by atoms with E-state index >= 15 is 0 Å². The average Bonchev–Trinajstić information content (AvgIpc) is 3.54. The van der Waals surface area contributed by atoms with Crippen LogP contribution in [0.2, 0.25) is 0 Å². The standard InChI is InChI=1S/C32H28N6/c1-23-13-17-27(18-14-23)29-31(37(35-33-29)21-25-9-5-3-6-10-25)32-30(28-19-15-24(2)16-20-28)34-36-38(32)22-26-11-7-4-8-12-26/h3-20H,21-22H2,1-2H3. The van der Waals surface area contributed by atoms with E-state index in [1.165, 1.54) is 11.1 Å². The van der Waals surface area contributed by atoms with Crippen molar-refractivity contribution in [3.8, 4) is 33.9 Å². The second-order valence-electron chi connectivity index (χ2n) is 9.59. The molecular weight excluding hydrogens is 468 g/mol. The largest absolute Gasteiger partial charge is 0.238 e. The summed E-state index contributed by atoms with van der Waals surface area (Å²) in [5, 5.41) is 18.7. The van der Waals surface area contributed by atoms with E-state index in [0.29, 0.717) is 13.1 Å². The summed E-state index contributed by atoms with van der Waals surface area (Å²) in [4.78, 5) is 0. The van der Waals surface area contributed by atoms with Gasteiger partial charge >= 0.3 is 0 Å². The molecule has 6 heteroatoms. The van der Waals surface area contributed by atoms with Crippen LogP contribution < -0.4 is 0 Å². The summed E-state index contributed by atoms with van der Waals surface area (Å²) in [5.41, 5.74) is 10.1. The lowest BCUT2D eigenvalue weighted by Gasteiger charge is -2.13. The molecule has 0 fully saturated rings. The summed E-state index contributed by atoms with van der Waals surface area (Å²) in [6.07, 6.45) is 0. The molecule has 0 spiro atoms. The second kappa shape index (κ2) is 10.3. The van der Waals surface area contributed by atoms with E-state index in [0.717, 1.165) is 45.0 Å². The molecule has 0 N–H and O–H groups in total. The van der Waals surface area contributed by atoms with E-state index < -0.39 is 0 Å². The maximum absolute atomic E-state index is 4.71. The van der Waals surface area contributed by atoms with E-state index in [1.54, 1.807) is 0 Å². The van der Waals surface area contributed by atoms with Crippen LogP contribution in [0.5, 0.6) is 0 Å². The number of hydrogen-bond acceptors (Lipinski definition) is 4. The highest BCUT2D eigenvalue weighted by molar-refractivity contribution is 5.84. The first-order chi connectivity index (χ1) is 18.7. The number of aromatic nitrogens is 6. The summed E-state index contributed by atoms with van der Waals surface area (Å²) >= 11 is 0. The number of benzene rings is 4. The Bertz CT molecular complexity index is 1520. The molecule has 0 aliphatic rings. The Kier molecular flexibility index (Phi) is 6.36.